The van der Waals surface area contributed by atoms with E-state index in [2.05, 4.69) is 15.3 Å². The maximum atomic E-state index is 11.0. The van der Waals surface area contributed by atoms with E-state index in [0.29, 0.717) is 0 Å². The number of nitrogens with one attached hydrogen (secondary N) is 2. The fraction of sp³-hybridized carbons (Fsp3) is 0.429. The molecule has 1 aliphatic rings. The van der Waals surface area contributed by atoms with Crippen molar-refractivity contribution in [2.45, 2.75) is 6.10 Å². The number of ether oxygens (including phenoxy) is 1. The highest BCUT2D eigenvalue weighted by Gasteiger charge is 2.20. The van der Waals surface area contributed by atoms with E-state index in [1.54, 1.807) is 0 Å². The first-order chi connectivity index (χ1) is 6.27. The lowest BCUT2D eigenvalue weighted by molar-refractivity contribution is 0.137. The standard InChI is InChI=1S/C7H10N4O2/c8-5-6(12)10-3-11-7(5)13-4-1-9-2-4/h3-4,9H,1-2,8H2,(H,10,11,12). The van der Waals surface area contributed by atoms with Crippen LogP contribution in [0.1, 0.15) is 0 Å². The smallest absolute Gasteiger partial charge is 0.277 e. The average Bonchev–Trinajstić information content (AvgIpc) is 2.04. The zero-order valence-corrected chi connectivity index (χ0v) is 6.91. The van der Waals surface area contributed by atoms with Crippen LogP contribution in [0.4, 0.5) is 5.69 Å². The van der Waals surface area contributed by atoms with Gasteiger partial charge in [0.1, 0.15) is 6.10 Å². The van der Waals surface area contributed by atoms with Gasteiger partial charge in [0.05, 0.1) is 6.33 Å². The molecule has 0 aromatic carbocycles. The Morgan fingerprint density at radius 2 is 2.38 bits per heavy atom. The second-order valence-corrected chi connectivity index (χ2v) is 2.85. The zero-order valence-electron chi connectivity index (χ0n) is 6.91. The first-order valence-electron chi connectivity index (χ1n) is 3.98. The van der Waals surface area contributed by atoms with Gasteiger partial charge in [-0.2, -0.15) is 0 Å². The summed E-state index contributed by atoms with van der Waals surface area (Å²) in [5.74, 6) is 0.218. The molecule has 0 atom stereocenters. The Morgan fingerprint density at radius 3 is 3.00 bits per heavy atom. The molecule has 1 saturated heterocycles. The monoisotopic (exact) mass is 182 g/mol. The van der Waals surface area contributed by atoms with Crippen molar-refractivity contribution in [1.29, 1.82) is 0 Å². The largest absolute Gasteiger partial charge is 0.470 e. The van der Waals surface area contributed by atoms with Crippen LogP contribution in [0, 0.1) is 0 Å². The Balaban J connectivity index is 2.19. The van der Waals surface area contributed by atoms with Gasteiger partial charge in [0.25, 0.3) is 5.56 Å². The molecule has 0 saturated carbocycles. The summed E-state index contributed by atoms with van der Waals surface area (Å²) in [4.78, 5) is 17.2. The van der Waals surface area contributed by atoms with Crippen molar-refractivity contribution in [2.75, 3.05) is 18.8 Å². The van der Waals surface area contributed by atoms with Gasteiger partial charge in [-0.15, -0.1) is 0 Å². The Bertz CT molecular complexity index is 358. The van der Waals surface area contributed by atoms with Crippen LogP contribution in [0.25, 0.3) is 0 Å². The molecule has 1 aromatic rings. The zero-order chi connectivity index (χ0) is 9.26. The third-order valence-electron chi connectivity index (χ3n) is 1.87. The van der Waals surface area contributed by atoms with Crippen molar-refractivity contribution in [3.63, 3.8) is 0 Å². The Morgan fingerprint density at radius 1 is 1.62 bits per heavy atom. The number of hydrogen-bond acceptors (Lipinski definition) is 5. The summed E-state index contributed by atoms with van der Waals surface area (Å²) in [6, 6.07) is 0. The maximum Gasteiger partial charge on any atom is 0.277 e. The lowest BCUT2D eigenvalue weighted by Crippen LogP contribution is -2.50. The van der Waals surface area contributed by atoms with E-state index in [1.807, 2.05) is 0 Å². The fourth-order valence-corrected chi connectivity index (χ4v) is 0.991. The van der Waals surface area contributed by atoms with E-state index in [0.717, 1.165) is 13.1 Å². The summed E-state index contributed by atoms with van der Waals surface area (Å²) < 4.78 is 5.34. The fourth-order valence-electron chi connectivity index (χ4n) is 0.991. The summed E-state index contributed by atoms with van der Waals surface area (Å²) >= 11 is 0. The molecule has 0 amide bonds. The SMILES string of the molecule is Nc1c(OC2CNC2)nc[nH]c1=O. The predicted molar refractivity (Wildman–Crippen MR) is 46.6 cm³/mol. The van der Waals surface area contributed by atoms with Crippen molar-refractivity contribution in [2.24, 2.45) is 0 Å². The van der Waals surface area contributed by atoms with Crippen molar-refractivity contribution < 1.29 is 4.74 Å². The van der Waals surface area contributed by atoms with Crippen LogP contribution in [-0.4, -0.2) is 29.2 Å². The Labute approximate surface area is 74.1 Å². The van der Waals surface area contributed by atoms with Gasteiger partial charge >= 0.3 is 0 Å². The first-order valence-corrected chi connectivity index (χ1v) is 3.98. The number of aromatic amines is 1. The van der Waals surface area contributed by atoms with Crippen LogP contribution in [-0.2, 0) is 0 Å². The van der Waals surface area contributed by atoms with Crippen LogP contribution in [0.15, 0.2) is 11.1 Å². The summed E-state index contributed by atoms with van der Waals surface area (Å²) in [5.41, 5.74) is 5.13. The highest BCUT2D eigenvalue weighted by molar-refractivity contribution is 5.44. The van der Waals surface area contributed by atoms with Crippen LogP contribution in [0.5, 0.6) is 5.88 Å². The molecule has 1 fully saturated rings. The Hall–Kier alpha value is -1.56. The molecule has 6 heteroatoms. The molecule has 0 unspecified atom stereocenters. The second kappa shape index (κ2) is 3.06. The topological polar surface area (TPSA) is 93.0 Å². The number of nitrogens with zero attached hydrogens (tertiary/aromatic N) is 1. The summed E-state index contributed by atoms with van der Waals surface area (Å²) in [7, 11) is 0. The molecule has 2 rings (SSSR count). The van der Waals surface area contributed by atoms with E-state index in [9.17, 15) is 4.79 Å². The normalized spacial score (nSPS) is 16.6. The minimum Gasteiger partial charge on any atom is -0.470 e. The van der Waals surface area contributed by atoms with Gasteiger partial charge < -0.3 is 20.8 Å². The number of anilines is 1. The molecule has 0 radical (unpaired) electrons. The predicted octanol–water partition coefficient (Wildman–Crippen LogP) is -1.30. The van der Waals surface area contributed by atoms with E-state index in [1.165, 1.54) is 6.33 Å². The lowest BCUT2D eigenvalue weighted by atomic mass is 10.2. The highest BCUT2D eigenvalue weighted by atomic mass is 16.5. The number of hydrogen-bond donors (Lipinski definition) is 3. The van der Waals surface area contributed by atoms with E-state index in [4.69, 9.17) is 10.5 Å². The number of aromatic nitrogens is 2. The number of H-pyrrole nitrogens is 1. The molecule has 0 spiro atoms. The minimum atomic E-state index is -0.364. The van der Waals surface area contributed by atoms with Crippen molar-refractivity contribution in [1.82, 2.24) is 15.3 Å². The van der Waals surface area contributed by atoms with Crippen LogP contribution in [0.2, 0.25) is 0 Å². The molecular weight excluding hydrogens is 172 g/mol. The summed E-state index contributed by atoms with van der Waals surface area (Å²) in [5, 5.41) is 3.04. The molecule has 70 valence electrons. The quantitative estimate of drug-likeness (QED) is 0.528. The lowest BCUT2D eigenvalue weighted by Gasteiger charge is -2.27. The average molecular weight is 182 g/mol. The van der Waals surface area contributed by atoms with E-state index in [-0.39, 0.29) is 23.2 Å². The molecule has 1 aliphatic heterocycles. The highest BCUT2D eigenvalue weighted by Crippen LogP contribution is 2.14. The molecule has 13 heavy (non-hydrogen) atoms. The van der Waals surface area contributed by atoms with Gasteiger partial charge in [0, 0.05) is 13.1 Å². The minimum absolute atomic E-state index is 0.0365. The third-order valence-corrected chi connectivity index (χ3v) is 1.87. The van der Waals surface area contributed by atoms with E-state index < -0.39 is 0 Å². The Kier molecular flexibility index (Phi) is 1.90. The molecule has 6 nitrogen and oxygen atoms in total. The van der Waals surface area contributed by atoms with E-state index >= 15 is 0 Å². The molecule has 2 heterocycles. The molecule has 0 bridgehead atoms. The molecule has 4 N–H and O–H groups in total. The van der Waals surface area contributed by atoms with Gasteiger partial charge in [-0.05, 0) is 0 Å². The van der Waals surface area contributed by atoms with Crippen LogP contribution in [0.3, 0.4) is 0 Å². The van der Waals surface area contributed by atoms with Crippen molar-refractivity contribution >= 4 is 5.69 Å². The van der Waals surface area contributed by atoms with Gasteiger partial charge in [0.15, 0.2) is 5.69 Å². The van der Waals surface area contributed by atoms with Crippen molar-refractivity contribution in [3.05, 3.63) is 16.7 Å². The van der Waals surface area contributed by atoms with Crippen LogP contribution < -0.4 is 21.3 Å². The number of nitrogen functional groups attached to an aromatic ring is 1. The molecular formula is C7H10N4O2. The first kappa shape index (κ1) is 8.06. The van der Waals surface area contributed by atoms with Gasteiger partial charge in [-0.1, -0.05) is 0 Å². The van der Waals surface area contributed by atoms with Crippen molar-refractivity contribution in [3.8, 4) is 5.88 Å². The summed E-state index contributed by atoms with van der Waals surface area (Å²) in [6.07, 6.45) is 1.36. The summed E-state index contributed by atoms with van der Waals surface area (Å²) in [6.45, 7) is 1.54. The van der Waals surface area contributed by atoms with Gasteiger partial charge in [-0.25, -0.2) is 4.98 Å². The van der Waals surface area contributed by atoms with Gasteiger partial charge in [0.2, 0.25) is 5.88 Å². The number of nitrogens with two attached hydrogens (primary N) is 1. The van der Waals surface area contributed by atoms with Crippen LogP contribution >= 0.6 is 0 Å². The molecule has 0 aliphatic carbocycles. The van der Waals surface area contributed by atoms with Gasteiger partial charge in [-0.3, -0.25) is 4.79 Å². The third kappa shape index (κ3) is 1.48. The number of rotatable bonds is 2. The second-order valence-electron chi connectivity index (χ2n) is 2.85. The maximum absolute atomic E-state index is 11.0. The molecule has 1 aromatic heterocycles.